The number of nitrogens with one attached hydrogen (secondary N) is 1. The van der Waals surface area contributed by atoms with E-state index in [1.54, 1.807) is 0 Å². The summed E-state index contributed by atoms with van der Waals surface area (Å²) in [6.45, 7) is 2.14. The van der Waals surface area contributed by atoms with Crippen LogP contribution in [0.3, 0.4) is 0 Å². The summed E-state index contributed by atoms with van der Waals surface area (Å²) < 4.78 is 0. The molecule has 0 spiro atoms. The first kappa shape index (κ1) is 11.3. The predicted octanol–water partition coefficient (Wildman–Crippen LogP) is 2.71. The number of benzene rings is 2. The van der Waals surface area contributed by atoms with Crippen LogP contribution in [-0.2, 0) is 6.42 Å². The Balaban J connectivity index is 2.55. The summed E-state index contributed by atoms with van der Waals surface area (Å²) in [5, 5.41) is 13.2. The van der Waals surface area contributed by atoms with Crippen LogP contribution in [0.2, 0.25) is 0 Å². The van der Waals surface area contributed by atoms with Gasteiger partial charge in [-0.3, -0.25) is 0 Å². The van der Waals surface area contributed by atoms with E-state index in [1.165, 1.54) is 17.2 Å². The number of rotatable bonds is 3. The fourth-order valence-electron chi connectivity index (χ4n) is 1.87. The van der Waals surface area contributed by atoms with E-state index >= 15 is 0 Å². The van der Waals surface area contributed by atoms with Gasteiger partial charge in [0.05, 0.1) is 0 Å². The molecule has 0 heterocycles. The molecule has 17 heavy (non-hydrogen) atoms. The molecule has 0 aliphatic carbocycles. The van der Waals surface area contributed by atoms with Gasteiger partial charge in [-0.05, 0) is 28.8 Å². The Bertz CT molecular complexity index is 585. The first-order valence-electron chi connectivity index (χ1n) is 5.60. The van der Waals surface area contributed by atoms with Crippen molar-refractivity contribution >= 4 is 22.7 Å². The van der Waals surface area contributed by atoms with Gasteiger partial charge >= 0.3 is 0 Å². The fourth-order valence-corrected chi connectivity index (χ4v) is 1.87. The quantitative estimate of drug-likeness (QED) is 0.471. The average molecular weight is 225 g/mol. The van der Waals surface area contributed by atoms with E-state index in [9.17, 15) is 0 Å². The van der Waals surface area contributed by atoms with Crippen molar-refractivity contribution in [1.29, 1.82) is 5.41 Å². The van der Waals surface area contributed by atoms with E-state index in [2.05, 4.69) is 30.2 Å². The van der Waals surface area contributed by atoms with Crippen LogP contribution in [0, 0.1) is 5.41 Å². The molecule has 2 aromatic carbocycles. The monoisotopic (exact) mass is 225 g/mol. The molecule has 3 nitrogen and oxygen atoms in total. The second-order valence-corrected chi connectivity index (χ2v) is 3.91. The summed E-state index contributed by atoms with van der Waals surface area (Å²) in [4.78, 5) is 0. The van der Waals surface area contributed by atoms with Crippen molar-refractivity contribution in [2.24, 2.45) is 10.9 Å². The Labute approximate surface area is 100 Å². The number of hydrogen-bond donors (Lipinski definition) is 2. The number of nitrogens with two attached hydrogens (primary N) is 1. The minimum absolute atomic E-state index is 0.492. The zero-order valence-electron chi connectivity index (χ0n) is 9.77. The fraction of sp³-hybridized carbons (Fsp3) is 0.143. The Morgan fingerprint density at radius 3 is 2.59 bits per heavy atom. The molecule has 86 valence electrons. The maximum absolute atomic E-state index is 7.23. The summed E-state index contributed by atoms with van der Waals surface area (Å²) in [7, 11) is 0. The van der Waals surface area contributed by atoms with E-state index in [0.29, 0.717) is 5.71 Å². The van der Waals surface area contributed by atoms with Gasteiger partial charge in [-0.1, -0.05) is 37.3 Å². The smallest absolute Gasteiger partial charge is 0.107 e. The summed E-state index contributed by atoms with van der Waals surface area (Å²) in [6, 6.07) is 12.4. The summed E-state index contributed by atoms with van der Waals surface area (Å²) in [6.07, 6.45) is 2.20. The molecular weight excluding hydrogens is 210 g/mol. The van der Waals surface area contributed by atoms with Gasteiger partial charge in [0.15, 0.2) is 0 Å². The summed E-state index contributed by atoms with van der Waals surface area (Å²) in [5.74, 6) is 5.24. The van der Waals surface area contributed by atoms with Gasteiger partial charge in [0.2, 0.25) is 0 Å². The highest BCUT2D eigenvalue weighted by atomic mass is 15.1. The van der Waals surface area contributed by atoms with Crippen LogP contribution in [0.15, 0.2) is 41.5 Å². The highest BCUT2D eigenvalue weighted by molar-refractivity contribution is 6.37. The summed E-state index contributed by atoms with van der Waals surface area (Å²) >= 11 is 0. The third-order valence-corrected chi connectivity index (χ3v) is 2.88. The Morgan fingerprint density at radius 1 is 1.24 bits per heavy atom. The molecule has 0 amide bonds. The molecule has 3 heteroatoms. The van der Waals surface area contributed by atoms with E-state index < -0.39 is 0 Å². The molecule has 2 rings (SSSR count). The first-order valence-corrected chi connectivity index (χ1v) is 5.60. The van der Waals surface area contributed by atoms with E-state index in [0.717, 1.165) is 17.4 Å². The van der Waals surface area contributed by atoms with Crippen molar-refractivity contribution in [3.8, 4) is 0 Å². The minimum atomic E-state index is 0.492. The SMILES string of the molecule is CCc1ccc2cc(/C(C=N)=N/N)ccc2c1. The molecule has 0 saturated carbocycles. The van der Waals surface area contributed by atoms with Gasteiger partial charge < -0.3 is 11.3 Å². The zero-order chi connectivity index (χ0) is 12.3. The molecule has 0 bridgehead atoms. The van der Waals surface area contributed by atoms with Crippen molar-refractivity contribution in [3.63, 3.8) is 0 Å². The number of hydrogen-bond acceptors (Lipinski definition) is 3. The van der Waals surface area contributed by atoms with Crippen LogP contribution in [0.4, 0.5) is 0 Å². The van der Waals surface area contributed by atoms with E-state index in [4.69, 9.17) is 11.3 Å². The van der Waals surface area contributed by atoms with Crippen LogP contribution in [0.25, 0.3) is 10.8 Å². The molecule has 0 fully saturated rings. The van der Waals surface area contributed by atoms with Crippen LogP contribution in [0.1, 0.15) is 18.1 Å². The number of fused-ring (bicyclic) bond motifs is 1. The van der Waals surface area contributed by atoms with Crippen LogP contribution in [0.5, 0.6) is 0 Å². The number of aryl methyl sites for hydroxylation is 1. The lowest BCUT2D eigenvalue weighted by Gasteiger charge is -2.04. The van der Waals surface area contributed by atoms with Crippen molar-refractivity contribution in [2.75, 3.05) is 0 Å². The maximum atomic E-state index is 7.23. The number of nitrogens with zero attached hydrogens (tertiary/aromatic N) is 1. The molecule has 0 atom stereocenters. The minimum Gasteiger partial charge on any atom is -0.323 e. The van der Waals surface area contributed by atoms with Crippen LogP contribution in [-0.4, -0.2) is 11.9 Å². The van der Waals surface area contributed by atoms with E-state index in [-0.39, 0.29) is 0 Å². The van der Waals surface area contributed by atoms with Gasteiger partial charge in [0.1, 0.15) is 5.71 Å². The highest BCUT2D eigenvalue weighted by Crippen LogP contribution is 2.18. The third kappa shape index (κ3) is 2.18. The molecule has 2 aromatic rings. The number of hydrazone groups is 1. The molecule has 0 aromatic heterocycles. The second kappa shape index (κ2) is 4.78. The summed E-state index contributed by atoms with van der Waals surface area (Å²) in [5.41, 5.74) is 2.69. The lowest BCUT2D eigenvalue weighted by Crippen LogP contribution is -2.04. The normalized spacial score (nSPS) is 11.7. The van der Waals surface area contributed by atoms with Gasteiger partial charge in [-0.15, -0.1) is 0 Å². The van der Waals surface area contributed by atoms with Crippen molar-refractivity contribution < 1.29 is 0 Å². The molecule has 0 unspecified atom stereocenters. The van der Waals surface area contributed by atoms with Crippen molar-refractivity contribution in [1.82, 2.24) is 0 Å². The molecule has 0 aliphatic heterocycles. The Kier molecular flexibility index (Phi) is 3.19. The van der Waals surface area contributed by atoms with Crippen molar-refractivity contribution in [2.45, 2.75) is 13.3 Å². The molecular formula is C14H15N3. The zero-order valence-corrected chi connectivity index (χ0v) is 9.77. The van der Waals surface area contributed by atoms with Gasteiger partial charge in [0, 0.05) is 11.8 Å². The third-order valence-electron chi connectivity index (χ3n) is 2.88. The Morgan fingerprint density at radius 2 is 1.94 bits per heavy atom. The molecule has 0 aliphatic rings. The highest BCUT2D eigenvalue weighted by Gasteiger charge is 2.02. The Hall–Kier alpha value is -2.16. The first-order chi connectivity index (χ1) is 8.28. The lowest BCUT2D eigenvalue weighted by atomic mass is 10.0. The molecule has 0 radical (unpaired) electrons. The van der Waals surface area contributed by atoms with Gasteiger partial charge in [0.25, 0.3) is 0 Å². The second-order valence-electron chi connectivity index (χ2n) is 3.91. The molecule has 3 N–H and O–H groups in total. The van der Waals surface area contributed by atoms with Gasteiger partial charge in [-0.25, -0.2) is 0 Å². The lowest BCUT2D eigenvalue weighted by molar-refractivity contribution is 1.15. The van der Waals surface area contributed by atoms with Crippen LogP contribution < -0.4 is 5.84 Å². The maximum Gasteiger partial charge on any atom is 0.107 e. The van der Waals surface area contributed by atoms with Gasteiger partial charge in [-0.2, -0.15) is 5.10 Å². The van der Waals surface area contributed by atoms with Crippen molar-refractivity contribution in [3.05, 3.63) is 47.5 Å². The van der Waals surface area contributed by atoms with E-state index in [1.807, 2.05) is 18.2 Å². The largest absolute Gasteiger partial charge is 0.323 e. The topological polar surface area (TPSA) is 62.2 Å². The predicted molar refractivity (Wildman–Crippen MR) is 72.8 cm³/mol. The van der Waals surface area contributed by atoms with Crippen LogP contribution >= 0.6 is 0 Å². The standard InChI is InChI=1S/C14H15N3/c1-2-10-3-4-12-8-13(14(9-15)17-16)6-5-11(12)7-10/h3-9,15H,2,16H2,1H3/b15-9?,17-14+. The average Bonchev–Trinajstić information content (AvgIpc) is 2.39. The molecule has 0 saturated heterocycles.